The molecule has 0 aromatic heterocycles. The highest BCUT2D eigenvalue weighted by Crippen LogP contribution is 2.28. The van der Waals surface area contributed by atoms with Crippen LogP contribution in [0.25, 0.3) is 6.08 Å². The fourth-order valence-corrected chi connectivity index (χ4v) is 1.59. The van der Waals surface area contributed by atoms with Crippen LogP contribution in [0.4, 0.5) is 0 Å². The van der Waals surface area contributed by atoms with Crippen LogP contribution in [0.5, 0.6) is 0 Å². The van der Waals surface area contributed by atoms with Crippen molar-refractivity contribution in [3.63, 3.8) is 0 Å². The molecule has 0 bridgehead atoms. The number of nitrogens with one attached hydrogen (secondary N) is 1. The van der Waals surface area contributed by atoms with Gasteiger partial charge in [-0.25, -0.2) is 4.79 Å². The van der Waals surface area contributed by atoms with Crippen LogP contribution < -0.4 is 5.32 Å². The van der Waals surface area contributed by atoms with Gasteiger partial charge in [-0.2, -0.15) is 0 Å². The van der Waals surface area contributed by atoms with Crippen LogP contribution in [0.3, 0.4) is 0 Å². The smallest absolute Gasteiger partial charge is 0.328 e. The standard InChI is InChI=1S/C14H15NO3/c16-13(17)8-5-10-1-3-11(4-2-10)9-15-14(18)12-6-7-12/h1-5,8,12H,6-7,9H2,(H,15,18)(H,16,17). The molecular weight excluding hydrogens is 230 g/mol. The highest BCUT2D eigenvalue weighted by molar-refractivity contribution is 5.85. The van der Waals surface area contributed by atoms with Gasteiger partial charge in [0.2, 0.25) is 5.91 Å². The molecule has 94 valence electrons. The van der Waals surface area contributed by atoms with E-state index < -0.39 is 5.97 Å². The van der Waals surface area contributed by atoms with Gasteiger partial charge in [-0.1, -0.05) is 24.3 Å². The summed E-state index contributed by atoms with van der Waals surface area (Å²) in [5, 5.41) is 11.4. The molecular formula is C14H15NO3. The Kier molecular flexibility index (Phi) is 3.77. The number of hydrogen-bond acceptors (Lipinski definition) is 2. The number of carboxylic acid groups (broad SMARTS) is 1. The van der Waals surface area contributed by atoms with Crippen LogP contribution in [-0.2, 0) is 16.1 Å². The largest absolute Gasteiger partial charge is 0.478 e. The van der Waals surface area contributed by atoms with E-state index in [1.165, 1.54) is 6.08 Å². The first-order valence-electron chi connectivity index (χ1n) is 5.93. The summed E-state index contributed by atoms with van der Waals surface area (Å²) < 4.78 is 0. The predicted molar refractivity (Wildman–Crippen MR) is 67.7 cm³/mol. The summed E-state index contributed by atoms with van der Waals surface area (Å²) >= 11 is 0. The number of hydrogen-bond donors (Lipinski definition) is 2. The van der Waals surface area contributed by atoms with Crippen LogP contribution in [0, 0.1) is 5.92 Å². The molecule has 1 amide bonds. The summed E-state index contributed by atoms with van der Waals surface area (Å²) in [5.41, 5.74) is 1.84. The summed E-state index contributed by atoms with van der Waals surface area (Å²) in [6.07, 6.45) is 4.65. The average Bonchev–Trinajstić information content (AvgIpc) is 3.19. The molecule has 1 aromatic rings. The van der Waals surface area contributed by atoms with E-state index in [1.54, 1.807) is 0 Å². The Morgan fingerprint density at radius 1 is 1.28 bits per heavy atom. The maximum atomic E-state index is 11.4. The van der Waals surface area contributed by atoms with Crippen LogP contribution >= 0.6 is 0 Å². The van der Waals surface area contributed by atoms with E-state index in [0.29, 0.717) is 6.54 Å². The van der Waals surface area contributed by atoms with Crippen molar-refractivity contribution in [3.8, 4) is 0 Å². The number of rotatable bonds is 5. The Morgan fingerprint density at radius 2 is 1.94 bits per heavy atom. The third-order valence-corrected chi connectivity index (χ3v) is 2.81. The van der Waals surface area contributed by atoms with Gasteiger partial charge in [-0.05, 0) is 30.0 Å². The van der Waals surface area contributed by atoms with Gasteiger partial charge in [0.25, 0.3) is 0 Å². The molecule has 0 spiro atoms. The predicted octanol–water partition coefficient (Wildman–Crippen LogP) is 1.81. The quantitative estimate of drug-likeness (QED) is 0.777. The number of aliphatic carboxylic acids is 1. The summed E-state index contributed by atoms with van der Waals surface area (Å²) in [4.78, 5) is 21.8. The van der Waals surface area contributed by atoms with Crippen LogP contribution in [0.15, 0.2) is 30.3 Å². The normalized spacial score (nSPS) is 14.7. The van der Waals surface area contributed by atoms with Crippen LogP contribution in [0.2, 0.25) is 0 Å². The minimum Gasteiger partial charge on any atom is -0.478 e. The number of amides is 1. The van der Waals surface area contributed by atoms with Crippen LogP contribution in [-0.4, -0.2) is 17.0 Å². The van der Waals surface area contributed by atoms with Crippen molar-refractivity contribution in [3.05, 3.63) is 41.5 Å². The molecule has 1 aliphatic rings. The number of carbonyl (C=O) groups excluding carboxylic acids is 1. The van der Waals surface area contributed by atoms with E-state index in [0.717, 1.165) is 30.0 Å². The maximum absolute atomic E-state index is 11.4. The SMILES string of the molecule is O=C(O)C=Cc1ccc(CNC(=O)C2CC2)cc1. The Bertz CT molecular complexity index is 472. The third-order valence-electron chi connectivity index (χ3n) is 2.81. The second-order valence-corrected chi connectivity index (χ2v) is 4.41. The van der Waals surface area contributed by atoms with Crippen molar-refractivity contribution >= 4 is 18.0 Å². The topological polar surface area (TPSA) is 66.4 Å². The van der Waals surface area contributed by atoms with Gasteiger partial charge >= 0.3 is 5.97 Å². The molecule has 4 nitrogen and oxygen atoms in total. The molecule has 0 unspecified atom stereocenters. The van der Waals surface area contributed by atoms with Crippen molar-refractivity contribution in [1.82, 2.24) is 5.32 Å². The Morgan fingerprint density at radius 3 is 2.50 bits per heavy atom. The molecule has 0 atom stereocenters. The summed E-state index contributed by atoms with van der Waals surface area (Å²) in [6.45, 7) is 0.526. The zero-order valence-electron chi connectivity index (χ0n) is 9.93. The highest BCUT2D eigenvalue weighted by Gasteiger charge is 2.29. The Hall–Kier alpha value is -2.10. The van der Waals surface area contributed by atoms with E-state index in [1.807, 2.05) is 24.3 Å². The van der Waals surface area contributed by atoms with Gasteiger partial charge in [0.1, 0.15) is 0 Å². The third kappa shape index (κ3) is 3.73. The van der Waals surface area contributed by atoms with Crippen molar-refractivity contribution in [2.45, 2.75) is 19.4 Å². The van der Waals surface area contributed by atoms with Gasteiger partial charge in [0, 0.05) is 18.5 Å². The lowest BCUT2D eigenvalue weighted by Crippen LogP contribution is -2.24. The molecule has 1 aromatic carbocycles. The monoisotopic (exact) mass is 245 g/mol. The average molecular weight is 245 g/mol. The minimum atomic E-state index is -0.962. The molecule has 0 aliphatic heterocycles. The molecule has 0 saturated heterocycles. The first-order chi connectivity index (χ1) is 8.65. The molecule has 0 radical (unpaired) electrons. The summed E-state index contributed by atoms with van der Waals surface area (Å²) in [5.74, 6) is -0.608. The van der Waals surface area contributed by atoms with Gasteiger partial charge in [-0.3, -0.25) is 4.79 Å². The number of carboxylic acids is 1. The zero-order valence-corrected chi connectivity index (χ0v) is 9.93. The fraction of sp³-hybridized carbons (Fsp3) is 0.286. The van der Waals surface area contributed by atoms with E-state index in [-0.39, 0.29) is 11.8 Å². The summed E-state index contributed by atoms with van der Waals surface area (Å²) in [7, 11) is 0. The van der Waals surface area contributed by atoms with Gasteiger partial charge in [-0.15, -0.1) is 0 Å². The highest BCUT2D eigenvalue weighted by atomic mass is 16.4. The summed E-state index contributed by atoms with van der Waals surface area (Å²) in [6, 6.07) is 7.43. The molecule has 1 fully saturated rings. The second-order valence-electron chi connectivity index (χ2n) is 4.41. The fourth-order valence-electron chi connectivity index (χ4n) is 1.59. The molecule has 4 heteroatoms. The van der Waals surface area contributed by atoms with Crippen LogP contribution in [0.1, 0.15) is 24.0 Å². The molecule has 18 heavy (non-hydrogen) atoms. The minimum absolute atomic E-state index is 0.129. The van der Waals surface area contributed by atoms with Crippen molar-refractivity contribution < 1.29 is 14.7 Å². The van der Waals surface area contributed by atoms with Gasteiger partial charge in [0.05, 0.1) is 0 Å². The van der Waals surface area contributed by atoms with E-state index in [2.05, 4.69) is 5.32 Å². The molecule has 0 heterocycles. The molecule has 2 rings (SSSR count). The lowest BCUT2D eigenvalue weighted by Gasteiger charge is -2.04. The Balaban J connectivity index is 1.86. The van der Waals surface area contributed by atoms with E-state index in [4.69, 9.17) is 5.11 Å². The molecule has 1 saturated carbocycles. The van der Waals surface area contributed by atoms with Gasteiger partial charge < -0.3 is 10.4 Å². The van der Waals surface area contributed by atoms with E-state index in [9.17, 15) is 9.59 Å². The van der Waals surface area contributed by atoms with Gasteiger partial charge in [0.15, 0.2) is 0 Å². The number of carbonyl (C=O) groups is 2. The van der Waals surface area contributed by atoms with Crippen molar-refractivity contribution in [2.24, 2.45) is 5.92 Å². The lowest BCUT2D eigenvalue weighted by molar-refractivity contribution is -0.131. The first kappa shape index (κ1) is 12.4. The number of benzene rings is 1. The second kappa shape index (κ2) is 5.49. The lowest BCUT2D eigenvalue weighted by atomic mass is 10.1. The molecule has 2 N–H and O–H groups in total. The molecule has 1 aliphatic carbocycles. The Labute approximate surface area is 105 Å². The van der Waals surface area contributed by atoms with Crippen molar-refractivity contribution in [1.29, 1.82) is 0 Å². The van der Waals surface area contributed by atoms with Crippen molar-refractivity contribution in [2.75, 3.05) is 0 Å². The maximum Gasteiger partial charge on any atom is 0.328 e. The first-order valence-corrected chi connectivity index (χ1v) is 5.93. The zero-order chi connectivity index (χ0) is 13.0. The van der Waals surface area contributed by atoms with E-state index >= 15 is 0 Å².